The Balaban J connectivity index is 2.76. The summed E-state index contributed by atoms with van der Waals surface area (Å²) < 4.78 is 0. The van der Waals surface area contributed by atoms with E-state index < -0.39 is 6.04 Å². The van der Waals surface area contributed by atoms with Gasteiger partial charge >= 0.3 is 0 Å². The molecule has 1 rings (SSSR count). The van der Waals surface area contributed by atoms with Crippen LogP contribution in [0.3, 0.4) is 0 Å². The quantitative estimate of drug-likeness (QED) is 0.763. The van der Waals surface area contributed by atoms with Gasteiger partial charge in [-0.2, -0.15) is 0 Å². The van der Waals surface area contributed by atoms with Crippen LogP contribution in [0.15, 0.2) is 30.3 Å². The molecule has 1 unspecified atom stereocenters. The summed E-state index contributed by atoms with van der Waals surface area (Å²) in [6, 6.07) is 10.1. The second-order valence-electron chi connectivity index (χ2n) is 4.91. The van der Waals surface area contributed by atoms with Crippen molar-refractivity contribution in [1.29, 1.82) is 0 Å². The maximum absolute atomic E-state index is 11.9. The minimum absolute atomic E-state index is 0.0689. The third-order valence-corrected chi connectivity index (χ3v) is 3.68. The van der Waals surface area contributed by atoms with Crippen LogP contribution in [0.2, 0.25) is 0 Å². The molecule has 0 aliphatic carbocycles. The highest BCUT2D eigenvalue weighted by atomic mass is 16.2. The number of rotatable bonds is 8. The van der Waals surface area contributed by atoms with Gasteiger partial charge in [-0.3, -0.25) is 9.69 Å². The fourth-order valence-electron chi connectivity index (χ4n) is 2.31. The highest BCUT2D eigenvalue weighted by Gasteiger charge is 2.19. The van der Waals surface area contributed by atoms with Gasteiger partial charge in [-0.05, 0) is 25.1 Å². The molecule has 0 bridgehead atoms. The third-order valence-electron chi connectivity index (χ3n) is 3.68. The second-order valence-corrected chi connectivity index (χ2v) is 4.91. The van der Waals surface area contributed by atoms with Crippen molar-refractivity contribution in [3.8, 4) is 0 Å². The van der Waals surface area contributed by atoms with E-state index in [0.29, 0.717) is 13.0 Å². The summed E-state index contributed by atoms with van der Waals surface area (Å²) in [5.41, 5.74) is 6.98. The molecular formula is C16H27N3O. The number of nitrogens with zero attached hydrogens (tertiary/aromatic N) is 1. The standard InChI is InChI=1S/C16H27N3O/c1-4-14(17)16(20)18-12-15(19(5-2)6-3)13-10-8-7-9-11-13/h7-11,14-15H,4-6,12,17H2,1-3H3,(H,18,20)/t14-,15?/m0/s1. The summed E-state index contributed by atoms with van der Waals surface area (Å²) in [5, 5.41) is 2.98. The van der Waals surface area contributed by atoms with Crippen molar-refractivity contribution in [1.82, 2.24) is 10.2 Å². The molecule has 112 valence electrons. The summed E-state index contributed by atoms with van der Waals surface area (Å²) >= 11 is 0. The predicted octanol–water partition coefficient (Wildman–Crippen LogP) is 1.92. The number of likely N-dealkylation sites (N-methyl/N-ethyl adjacent to an activating group) is 1. The Labute approximate surface area is 122 Å². The topological polar surface area (TPSA) is 58.4 Å². The fraction of sp³-hybridized carbons (Fsp3) is 0.562. The molecular weight excluding hydrogens is 250 g/mol. The fourth-order valence-corrected chi connectivity index (χ4v) is 2.31. The van der Waals surface area contributed by atoms with E-state index in [4.69, 9.17) is 5.73 Å². The Bertz CT molecular complexity index is 390. The van der Waals surface area contributed by atoms with E-state index in [2.05, 4.69) is 36.2 Å². The summed E-state index contributed by atoms with van der Waals surface area (Å²) in [7, 11) is 0. The lowest BCUT2D eigenvalue weighted by Crippen LogP contribution is -2.44. The number of carbonyl (C=O) groups is 1. The zero-order valence-corrected chi connectivity index (χ0v) is 12.8. The molecule has 0 fully saturated rings. The molecule has 0 spiro atoms. The molecule has 1 aromatic carbocycles. The molecule has 0 aliphatic rings. The Hall–Kier alpha value is -1.39. The number of benzene rings is 1. The molecule has 0 aliphatic heterocycles. The number of amides is 1. The molecule has 0 saturated heterocycles. The van der Waals surface area contributed by atoms with Gasteiger partial charge in [0, 0.05) is 6.54 Å². The van der Waals surface area contributed by atoms with Gasteiger partial charge in [0.25, 0.3) is 0 Å². The Morgan fingerprint density at radius 3 is 2.30 bits per heavy atom. The number of hydrogen-bond acceptors (Lipinski definition) is 3. The van der Waals surface area contributed by atoms with E-state index in [1.165, 1.54) is 5.56 Å². The van der Waals surface area contributed by atoms with Gasteiger partial charge in [-0.1, -0.05) is 51.1 Å². The first kappa shape index (κ1) is 16.7. The Kier molecular flexibility index (Phi) is 7.26. The van der Waals surface area contributed by atoms with Crippen LogP contribution in [0.4, 0.5) is 0 Å². The number of carbonyl (C=O) groups excluding carboxylic acids is 1. The molecule has 0 heterocycles. The zero-order valence-electron chi connectivity index (χ0n) is 12.8. The molecule has 20 heavy (non-hydrogen) atoms. The number of nitrogens with two attached hydrogens (primary N) is 1. The average molecular weight is 277 g/mol. The highest BCUT2D eigenvalue weighted by molar-refractivity contribution is 5.81. The van der Waals surface area contributed by atoms with Crippen LogP contribution < -0.4 is 11.1 Å². The first-order valence-electron chi connectivity index (χ1n) is 7.46. The van der Waals surface area contributed by atoms with E-state index in [1.54, 1.807) is 0 Å². The van der Waals surface area contributed by atoms with Gasteiger partial charge in [0.1, 0.15) is 0 Å². The summed E-state index contributed by atoms with van der Waals surface area (Å²) in [5.74, 6) is -0.0689. The van der Waals surface area contributed by atoms with Gasteiger partial charge in [0.2, 0.25) is 5.91 Å². The van der Waals surface area contributed by atoms with Crippen LogP contribution in [-0.2, 0) is 4.79 Å². The van der Waals surface area contributed by atoms with Crippen molar-refractivity contribution in [3.63, 3.8) is 0 Å². The van der Waals surface area contributed by atoms with Crippen molar-refractivity contribution in [2.75, 3.05) is 19.6 Å². The van der Waals surface area contributed by atoms with Crippen molar-refractivity contribution < 1.29 is 4.79 Å². The lowest BCUT2D eigenvalue weighted by molar-refractivity contribution is -0.122. The van der Waals surface area contributed by atoms with Crippen LogP contribution in [-0.4, -0.2) is 36.5 Å². The van der Waals surface area contributed by atoms with Crippen LogP contribution in [0, 0.1) is 0 Å². The first-order chi connectivity index (χ1) is 9.63. The first-order valence-corrected chi connectivity index (χ1v) is 7.46. The molecule has 0 aromatic heterocycles. The highest BCUT2D eigenvalue weighted by Crippen LogP contribution is 2.19. The molecule has 4 heteroatoms. The zero-order chi connectivity index (χ0) is 15.0. The number of nitrogens with one attached hydrogen (secondary N) is 1. The largest absolute Gasteiger partial charge is 0.353 e. The van der Waals surface area contributed by atoms with Crippen molar-refractivity contribution >= 4 is 5.91 Å². The van der Waals surface area contributed by atoms with Crippen molar-refractivity contribution in [2.24, 2.45) is 5.73 Å². The maximum atomic E-state index is 11.9. The molecule has 0 saturated carbocycles. The lowest BCUT2D eigenvalue weighted by Gasteiger charge is -2.30. The Morgan fingerprint density at radius 2 is 1.80 bits per heavy atom. The van der Waals surface area contributed by atoms with E-state index in [1.807, 2.05) is 25.1 Å². The third kappa shape index (κ3) is 4.62. The average Bonchev–Trinajstić information content (AvgIpc) is 2.51. The van der Waals surface area contributed by atoms with Crippen LogP contribution in [0.25, 0.3) is 0 Å². The lowest BCUT2D eigenvalue weighted by atomic mass is 10.0. The monoisotopic (exact) mass is 277 g/mol. The van der Waals surface area contributed by atoms with Crippen LogP contribution >= 0.6 is 0 Å². The smallest absolute Gasteiger partial charge is 0.236 e. The minimum atomic E-state index is -0.414. The van der Waals surface area contributed by atoms with Gasteiger partial charge in [0.05, 0.1) is 12.1 Å². The predicted molar refractivity (Wildman–Crippen MR) is 83.4 cm³/mol. The molecule has 1 aromatic rings. The minimum Gasteiger partial charge on any atom is -0.353 e. The SMILES string of the molecule is CC[C@H](N)C(=O)NCC(c1ccccc1)N(CC)CC. The Morgan fingerprint density at radius 1 is 1.20 bits per heavy atom. The summed E-state index contributed by atoms with van der Waals surface area (Å²) in [4.78, 5) is 14.2. The van der Waals surface area contributed by atoms with Gasteiger partial charge in [0.15, 0.2) is 0 Å². The molecule has 2 atom stereocenters. The van der Waals surface area contributed by atoms with Gasteiger partial charge < -0.3 is 11.1 Å². The van der Waals surface area contributed by atoms with Crippen molar-refractivity contribution in [2.45, 2.75) is 39.3 Å². The van der Waals surface area contributed by atoms with Crippen LogP contribution in [0.1, 0.15) is 38.8 Å². The van der Waals surface area contributed by atoms with Crippen molar-refractivity contribution in [3.05, 3.63) is 35.9 Å². The summed E-state index contributed by atoms with van der Waals surface area (Å²) in [6.07, 6.45) is 0.660. The van der Waals surface area contributed by atoms with E-state index in [0.717, 1.165) is 13.1 Å². The van der Waals surface area contributed by atoms with E-state index >= 15 is 0 Å². The van der Waals surface area contributed by atoms with E-state index in [9.17, 15) is 4.79 Å². The molecule has 0 radical (unpaired) electrons. The molecule has 4 nitrogen and oxygen atoms in total. The molecule has 3 N–H and O–H groups in total. The second kappa shape index (κ2) is 8.72. The van der Waals surface area contributed by atoms with Crippen LogP contribution in [0.5, 0.6) is 0 Å². The summed E-state index contributed by atoms with van der Waals surface area (Å²) in [6.45, 7) is 8.69. The maximum Gasteiger partial charge on any atom is 0.236 e. The normalized spacial score (nSPS) is 14.1. The molecule has 1 amide bonds. The number of hydrogen-bond donors (Lipinski definition) is 2. The van der Waals surface area contributed by atoms with E-state index in [-0.39, 0.29) is 11.9 Å². The van der Waals surface area contributed by atoms with Gasteiger partial charge in [-0.15, -0.1) is 0 Å². The van der Waals surface area contributed by atoms with Gasteiger partial charge in [-0.25, -0.2) is 0 Å².